The second-order valence-electron chi connectivity index (χ2n) is 5.58. The molecular weight excluding hydrogens is 334 g/mol. The van der Waals surface area contributed by atoms with Gasteiger partial charge in [0, 0.05) is 5.56 Å². The summed E-state index contributed by atoms with van der Waals surface area (Å²) < 4.78 is 15.6. The summed E-state index contributed by atoms with van der Waals surface area (Å²) in [5, 5.41) is 0. The molecule has 0 aliphatic heterocycles. The predicted octanol–water partition coefficient (Wildman–Crippen LogP) is 3.73. The molecular formula is C20H23NO5. The first-order valence-corrected chi connectivity index (χ1v) is 8.44. The van der Waals surface area contributed by atoms with E-state index < -0.39 is 11.9 Å². The summed E-state index contributed by atoms with van der Waals surface area (Å²) >= 11 is 0. The van der Waals surface area contributed by atoms with Crippen LogP contribution in [0.3, 0.4) is 0 Å². The van der Waals surface area contributed by atoms with E-state index in [1.165, 1.54) is 0 Å². The Bertz CT molecular complexity index is 770. The number of hydrogen-bond acceptors (Lipinski definition) is 6. The van der Waals surface area contributed by atoms with Crippen LogP contribution in [0.25, 0.3) is 11.1 Å². The minimum atomic E-state index is -0.520. The lowest BCUT2D eigenvalue weighted by Crippen LogP contribution is -2.17. The fourth-order valence-corrected chi connectivity index (χ4v) is 2.80. The van der Waals surface area contributed by atoms with E-state index in [2.05, 4.69) is 4.98 Å². The highest BCUT2D eigenvalue weighted by Crippen LogP contribution is 2.33. The van der Waals surface area contributed by atoms with Crippen molar-refractivity contribution in [2.45, 2.75) is 27.7 Å². The van der Waals surface area contributed by atoms with Crippen molar-refractivity contribution in [2.75, 3.05) is 20.3 Å². The second kappa shape index (κ2) is 8.47. The number of methoxy groups -OCH3 is 1. The summed E-state index contributed by atoms with van der Waals surface area (Å²) in [5.41, 5.74) is 2.69. The van der Waals surface area contributed by atoms with Gasteiger partial charge in [-0.25, -0.2) is 9.59 Å². The molecule has 26 heavy (non-hydrogen) atoms. The van der Waals surface area contributed by atoms with Gasteiger partial charge in [-0.3, -0.25) is 4.98 Å². The summed E-state index contributed by atoms with van der Waals surface area (Å²) in [6.45, 7) is 7.36. The van der Waals surface area contributed by atoms with Crippen LogP contribution < -0.4 is 4.74 Å². The van der Waals surface area contributed by atoms with Crippen molar-refractivity contribution in [3.05, 3.63) is 46.8 Å². The number of pyridine rings is 1. The van der Waals surface area contributed by atoms with Crippen LogP contribution in [0.2, 0.25) is 0 Å². The fourth-order valence-electron chi connectivity index (χ4n) is 2.80. The van der Waals surface area contributed by atoms with E-state index in [4.69, 9.17) is 14.2 Å². The number of ether oxygens (including phenoxy) is 3. The Morgan fingerprint density at radius 3 is 1.73 bits per heavy atom. The highest BCUT2D eigenvalue weighted by molar-refractivity contribution is 6.07. The lowest BCUT2D eigenvalue weighted by Gasteiger charge is -2.18. The van der Waals surface area contributed by atoms with E-state index in [0.717, 1.165) is 0 Å². The zero-order valence-electron chi connectivity index (χ0n) is 15.7. The topological polar surface area (TPSA) is 74.7 Å². The summed E-state index contributed by atoms with van der Waals surface area (Å²) in [6.07, 6.45) is 0. The molecule has 0 radical (unpaired) electrons. The molecule has 0 spiro atoms. The van der Waals surface area contributed by atoms with Crippen LogP contribution in [0.15, 0.2) is 24.3 Å². The number of esters is 2. The van der Waals surface area contributed by atoms with Gasteiger partial charge in [0.1, 0.15) is 5.75 Å². The number of aromatic nitrogens is 1. The summed E-state index contributed by atoms with van der Waals surface area (Å²) in [4.78, 5) is 29.5. The Kier molecular flexibility index (Phi) is 6.33. The first kappa shape index (κ1) is 19.4. The molecule has 0 aliphatic rings. The molecule has 2 aromatic rings. The molecule has 0 amide bonds. The van der Waals surface area contributed by atoms with Crippen molar-refractivity contribution in [3.8, 4) is 16.9 Å². The lowest BCUT2D eigenvalue weighted by atomic mass is 9.92. The number of carbonyl (C=O) groups excluding carboxylic acids is 2. The molecule has 138 valence electrons. The molecule has 0 unspecified atom stereocenters. The van der Waals surface area contributed by atoms with Gasteiger partial charge in [0.05, 0.1) is 42.8 Å². The Morgan fingerprint density at radius 2 is 1.35 bits per heavy atom. The van der Waals surface area contributed by atoms with Crippen LogP contribution in [0.5, 0.6) is 5.75 Å². The van der Waals surface area contributed by atoms with Gasteiger partial charge in [0.2, 0.25) is 0 Å². The Balaban J connectivity index is 2.80. The standard InChI is InChI=1S/C20H23NO5/c1-6-25-19(22)16-12(3)21-13(4)17(20(23)26-7-2)18(16)14-8-10-15(24-5)11-9-14/h8-11H,6-7H2,1-5H3. The highest BCUT2D eigenvalue weighted by Gasteiger charge is 2.27. The van der Waals surface area contributed by atoms with E-state index in [9.17, 15) is 9.59 Å². The largest absolute Gasteiger partial charge is 0.497 e. The third kappa shape index (κ3) is 3.85. The molecule has 6 nitrogen and oxygen atoms in total. The van der Waals surface area contributed by atoms with E-state index >= 15 is 0 Å². The number of hydrogen-bond donors (Lipinski definition) is 0. The second-order valence-corrected chi connectivity index (χ2v) is 5.58. The van der Waals surface area contributed by atoms with Gasteiger partial charge in [-0.15, -0.1) is 0 Å². The number of rotatable bonds is 6. The van der Waals surface area contributed by atoms with Gasteiger partial charge in [-0.2, -0.15) is 0 Å². The maximum atomic E-state index is 12.6. The first-order chi connectivity index (χ1) is 12.4. The number of aryl methyl sites for hydroxylation is 2. The van der Waals surface area contributed by atoms with Crippen LogP contribution in [-0.2, 0) is 9.47 Å². The molecule has 0 atom stereocenters. The molecule has 0 N–H and O–H groups in total. The average Bonchev–Trinajstić information content (AvgIpc) is 2.61. The SMILES string of the molecule is CCOC(=O)c1c(C)nc(C)c(C(=O)OCC)c1-c1ccc(OC)cc1. The predicted molar refractivity (Wildman–Crippen MR) is 97.6 cm³/mol. The fraction of sp³-hybridized carbons (Fsp3) is 0.350. The van der Waals surface area contributed by atoms with Crippen molar-refractivity contribution in [1.29, 1.82) is 0 Å². The molecule has 1 aromatic carbocycles. The quantitative estimate of drug-likeness (QED) is 0.734. The number of carbonyl (C=O) groups is 2. The lowest BCUT2D eigenvalue weighted by molar-refractivity contribution is 0.0525. The molecule has 0 fully saturated rings. The summed E-state index contributed by atoms with van der Waals surface area (Å²) in [6, 6.07) is 7.12. The molecule has 0 aliphatic carbocycles. The van der Waals surface area contributed by atoms with Gasteiger partial charge in [-0.05, 0) is 45.4 Å². The van der Waals surface area contributed by atoms with Crippen LogP contribution in [0, 0.1) is 13.8 Å². The van der Waals surface area contributed by atoms with E-state index in [0.29, 0.717) is 28.3 Å². The van der Waals surface area contributed by atoms with E-state index in [1.807, 2.05) is 0 Å². The zero-order chi connectivity index (χ0) is 19.3. The molecule has 1 aromatic heterocycles. The normalized spacial score (nSPS) is 10.3. The zero-order valence-corrected chi connectivity index (χ0v) is 15.7. The van der Waals surface area contributed by atoms with Crippen molar-refractivity contribution in [2.24, 2.45) is 0 Å². The molecule has 0 bridgehead atoms. The van der Waals surface area contributed by atoms with Gasteiger partial charge in [0.15, 0.2) is 0 Å². The average molecular weight is 357 g/mol. The molecule has 0 saturated heterocycles. The van der Waals surface area contributed by atoms with E-state index in [-0.39, 0.29) is 24.3 Å². The van der Waals surface area contributed by atoms with Gasteiger partial charge in [-0.1, -0.05) is 12.1 Å². The minimum absolute atomic E-state index is 0.225. The minimum Gasteiger partial charge on any atom is -0.497 e. The molecule has 2 rings (SSSR count). The van der Waals surface area contributed by atoms with Gasteiger partial charge in [0.25, 0.3) is 0 Å². The first-order valence-electron chi connectivity index (χ1n) is 8.44. The monoisotopic (exact) mass is 357 g/mol. The van der Waals surface area contributed by atoms with Crippen molar-refractivity contribution >= 4 is 11.9 Å². The third-order valence-electron chi connectivity index (χ3n) is 3.90. The van der Waals surface area contributed by atoms with Gasteiger partial charge >= 0.3 is 11.9 Å². The van der Waals surface area contributed by atoms with E-state index in [1.54, 1.807) is 59.1 Å². The Morgan fingerprint density at radius 1 is 0.885 bits per heavy atom. The van der Waals surface area contributed by atoms with Crippen LogP contribution >= 0.6 is 0 Å². The molecule has 0 saturated carbocycles. The molecule has 6 heteroatoms. The smallest absolute Gasteiger partial charge is 0.340 e. The molecule has 1 heterocycles. The number of nitrogens with zero attached hydrogens (tertiary/aromatic N) is 1. The highest BCUT2D eigenvalue weighted by atomic mass is 16.5. The summed E-state index contributed by atoms with van der Waals surface area (Å²) in [7, 11) is 1.57. The van der Waals surface area contributed by atoms with Crippen molar-refractivity contribution in [3.63, 3.8) is 0 Å². The summed E-state index contributed by atoms with van der Waals surface area (Å²) in [5.74, 6) is -0.366. The van der Waals surface area contributed by atoms with Crippen molar-refractivity contribution in [1.82, 2.24) is 4.98 Å². The Hall–Kier alpha value is -2.89. The van der Waals surface area contributed by atoms with Crippen LogP contribution in [0.4, 0.5) is 0 Å². The number of benzene rings is 1. The van der Waals surface area contributed by atoms with Gasteiger partial charge < -0.3 is 14.2 Å². The van der Waals surface area contributed by atoms with Crippen LogP contribution in [-0.4, -0.2) is 37.2 Å². The third-order valence-corrected chi connectivity index (χ3v) is 3.90. The Labute approximate surface area is 153 Å². The maximum absolute atomic E-state index is 12.6. The van der Waals surface area contributed by atoms with Crippen molar-refractivity contribution < 1.29 is 23.8 Å². The maximum Gasteiger partial charge on any atom is 0.340 e. The van der Waals surface area contributed by atoms with Crippen LogP contribution in [0.1, 0.15) is 46.0 Å².